The monoisotopic (exact) mass is 186 g/mol. The van der Waals surface area contributed by atoms with Gasteiger partial charge in [0.25, 0.3) is 0 Å². The average molecular weight is 187 g/mol. The molecule has 0 spiro atoms. The van der Waals surface area contributed by atoms with Crippen LogP contribution in [0.5, 0.6) is 0 Å². The molecular formula is C10H15ClO. The molecule has 2 aliphatic rings. The summed E-state index contributed by atoms with van der Waals surface area (Å²) in [6.45, 7) is 2.06. The maximum Gasteiger partial charge on any atom is 0.0745 e. The van der Waals surface area contributed by atoms with Gasteiger partial charge >= 0.3 is 0 Å². The van der Waals surface area contributed by atoms with Crippen LogP contribution < -0.4 is 0 Å². The molecule has 0 bridgehead atoms. The average Bonchev–Trinajstić information content (AvgIpc) is 2.04. The standard InChI is InChI=1S/C10H15ClO/c1-7-6-9(11)8-4-2-3-5-10(8)12-7/h6-8,10H,2-5H2,1H3/t7?,8-,10+/m1/s1. The molecule has 1 fully saturated rings. The highest BCUT2D eigenvalue weighted by Crippen LogP contribution is 2.37. The summed E-state index contributed by atoms with van der Waals surface area (Å²) in [7, 11) is 0. The topological polar surface area (TPSA) is 9.23 Å². The van der Waals surface area contributed by atoms with E-state index in [2.05, 4.69) is 6.92 Å². The Kier molecular flexibility index (Phi) is 2.42. The van der Waals surface area contributed by atoms with Gasteiger partial charge in [-0.3, -0.25) is 0 Å². The zero-order chi connectivity index (χ0) is 8.55. The summed E-state index contributed by atoms with van der Waals surface area (Å²) >= 11 is 6.17. The Balaban J connectivity index is 2.14. The third-order valence-electron chi connectivity index (χ3n) is 2.84. The van der Waals surface area contributed by atoms with Crippen molar-refractivity contribution < 1.29 is 4.74 Å². The van der Waals surface area contributed by atoms with E-state index in [1.807, 2.05) is 6.08 Å². The SMILES string of the molecule is CC1C=C(Cl)[C@H]2CCCC[C@@H]2O1. The Morgan fingerprint density at radius 2 is 2.17 bits per heavy atom. The Hall–Kier alpha value is -0.0100. The lowest BCUT2D eigenvalue weighted by molar-refractivity contribution is -0.0334. The third-order valence-corrected chi connectivity index (χ3v) is 3.25. The Labute approximate surface area is 78.7 Å². The fourth-order valence-electron chi connectivity index (χ4n) is 2.24. The lowest BCUT2D eigenvalue weighted by Crippen LogP contribution is -2.34. The highest BCUT2D eigenvalue weighted by atomic mass is 35.5. The molecule has 12 heavy (non-hydrogen) atoms. The minimum atomic E-state index is 0.219. The number of ether oxygens (including phenoxy) is 1. The lowest BCUT2D eigenvalue weighted by atomic mass is 9.84. The largest absolute Gasteiger partial charge is 0.370 e. The molecule has 1 aliphatic carbocycles. The molecule has 1 unspecified atom stereocenters. The van der Waals surface area contributed by atoms with E-state index in [-0.39, 0.29) is 6.10 Å². The molecule has 0 aromatic rings. The predicted octanol–water partition coefficient (Wildman–Crippen LogP) is 3.09. The summed E-state index contributed by atoms with van der Waals surface area (Å²) < 4.78 is 5.80. The van der Waals surface area contributed by atoms with E-state index in [1.54, 1.807) is 0 Å². The summed E-state index contributed by atoms with van der Waals surface area (Å²) in [5.74, 6) is 0.511. The van der Waals surface area contributed by atoms with Crippen molar-refractivity contribution in [3.05, 3.63) is 11.1 Å². The minimum Gasteiger partial charge on any atom is -0.370 e. The van der Waals surface area contributed by atoms with Crippen molar-refractivity contribution in [3.63, 3.8) is 0 Å². The smallest absolute Gasteiger partial charge is 0.0745 e. The van der Waals surface area contributed by atoms with Crippen molar-refractivity contribution in [3.8, 4) is 0 Å². The Morgan fingerprint density at radius 1 is 1.42 bits per heavy atom. The van der Waals surface area contributed by atoms with Gasteiger partial charge in [-0.2, -0.15) is 0 Å². The first-order valence-corrected chi connectivity index (χ1v) is 5.18. The second-order valence-corrected chi connectivity index (χ2v) is 4.26. The van der Waals surface area contributed by atoms with E-state index in [0.717, 1.165) is 5.03 Å². The van der Waals surface area contributed by atoms with Gasteiger partial charge in [-0.25, -0.2) is 0 Å². The third kappa shape index (κ3) is 1.53. The number of hydrogen-bond donors (Lipinski definition) is 0. The summed E-state index contributed by atoms with van der Waals surface area (Å²) in [5, 5.41) is 1.04. The first-order chi connectivity index (χ1) is 5.77. The van der Waals surface area contributed by atoms with Gasteiger partial charge in [0, 0.05) is 11.0 Å². The zero-order valence-electron chi connectivity index (χ0n) is 7.42. The molecule has 1 nitrogen and oxygen atoms in total. The molecule has 0 radical (unpaired) electrons. The number of hydrogen-bond acceptors (Lipinski definition) is 1. The maximum absolute atomic E-state index is 6.17. The fraction of sp³-hybridized carbons (Fsp3) is 0.800. The zero-order valence-corrected chi connectivity index (χ0v) is 8.18. The van der Waals surface area contributed by atoms with Crippen LogP contribution in [0.4, 0.5) is 0 Å². The molecule has 1 saturated carbocycles. The maximum atomic E-state index is 6.17. The van der Waals surface area contributed by atoms with Crippen LogP contribution in [-0.4, -0.2) is 12.2 Å². The summed E-state index contributed by atoms with van der Waals surface area (Å²) in [6.07, 6.45) is 7.70. The molecule has 1 aliphatic heterocycles. The van der Waals surface area contributed by atoms with Crippen LogP contribution in [0.1, 0.15) is 32.6 Å². The molecule has 0 aromatic heterocycles. The van der Waals surface area contributed by atoms with Crippen LogP contribution in [0.15, 0.2) is 11.1 Å². The van der Waals surface area contributed by atoms with E-state index in [4.69, 9.17) is 16.3 Å². The fourth-order valence-corrected chi connectivity index (χ4v) is 2.67. The van der Waals surface area contributed by atoms with E-state index in [1.165, 1.54) is 25.7 Å². The molecule has 0 N–H and O–H groups in total. The number of rotatable bonds is 0. The molecule has 0 saturated heterocycles. The van der Waals surface area contributed by atoms with E-state index >= 15 is 0 Å². The van der Waals surface area contributed by atoms with Crippen molar-refractivity contribution in [2.45, 2.75) is 44.8 Å². The van der Waals surface area contributed by atoms with Gasteiger partial charge in [0.05, 0.1) is 12.2 Å². The molecule has 2 heteroatoms. The van der Waals surface area contributed by atoms with Gasteiger partial charge in [0.1, 0.15) is 0 Å². The normalized spacial score (nSPS) is 41.8. The highest BCUT2D eigenvalue weighted by molar-refractivity contribution is 6.30. The molecule has 68 valence electrons. The predicted molar refractivity (Wildman–Crippen MR) is 50.2 cm³/mol. The van der Waals surface area contributed by atoms with Crippen molar-refractivity contribution >= 4 is 11.6 Å². The van der Waals surface area contributed by atoms with Crippen LogP contribution in [0.25, 0.3) is 0 Å². The van der Waals surface area contributed by atoms with Crippen LogP contribution in [-0.2, 0) is 4.74 Å². The van der Waals surface area contributed by atoms with Gasteiger partial charge in [-0.15, -0.1) is 0 Å². The molecule has 0 aromatic carbocycles. The van der Waals surface area contributed by atoms with Gasteiger partial charge in [0.15, 0.2) is 0 Å². The number of fused-ring (bicyclic) bond motifs is 1. The highest BCUT2D eigenvalue weighted by Gasteiger charge is 2.32. The lowest BCUT2D eigenvalue weighted by Gasteiger charge is -2.36. The number of halogens is 1. The van der Waals surface area contributed by atoms with Crippen molar-refractivity contribution in [2.75, 3.05) is 0 Å². The van der Waals surface area contributed by atoms with Crippen molar-refractivity contribution in [2.24, 2.45) is 5.92 Å². The van der Waals surface area contributed by atoms with Gasteiger partial charge in [0.2, 0.25) is 0 Å². The van der Waals surface area contributed by atoms with E-state index in [9.17, 15) is 0 Å². The van der Waals surface area contributed by atoms with Gasteiger partial charge < -0.3 is 4.74 Å². The summed E-state index contributed by atoms with van der Waals surface area (Å²) in [6, 6.07) is 0. The first kappa shape index (κ1) is 8.58. The summed E-state index contributed by atoms with van der Waals surface area (Å²) in [4.78, 5) is 0. The van der Waals surface area contributed by atoms with Crippen molar-refractivity contribution in [1.82, 2.24) is 0 Å². The summed E-state index contributed by atoms with van der Waals surface area (Å²) in [5.41, 5.74) is 0. The van der Waals surface area contributed by atoms with Gasteiger partial charge in [-0.05, 0) is 25.8 Å². The van der Waals surface area contributed by atoms with Crippen molar-refractivity contribution in [1.29, 1.82) is 0 Å². The van der Waals surface area contributed by atoms with Gasteiger partial charge in [-0.1, -0.05) is 24.4 Å². The first-order valence-electron chi connectivity index (χ1n) is 4.80. The van der Waals surface area contributed by atoms with Crippen LogP contribution in [0, 0.1) is 5.92 Å². The van der Waals surface area contributed by atoms with E-state index in [0.29, 0.717) is 12.0 Å². The molecule has 1 heterocycles. The van der Waals surface area contributed by atoms with Crippen LogP contribution in [0.3, 0.4) is 0 Å². The van der Waals surface area contributed by atoms with E-state index < -0.39 is 0 Å². The van der Waals surface area contributed by atoms with Crippen LogP contribution >= 0.6 is 11.6 Å². The molecule has 2 rings (SSSR count). The molecule has 0 amide bonds. The molecular weight excluding hydrogens is 172 g/mol. The Bertz CT molecular complexity index is 200. The second-order valence-electron chi connectivity index (χ2n) is 3.82. The quantitative estimate of drug-likeness (QED) is 0.565. The Morgan fingerprint density at radius 3 is 3.00 bits per heavy atom. The van der Waals surface area contributed by atoms with Crippen LogP contribution in [0.2, 0.25) is 0 Å². The minimum absolute atomic E-state index is 0.219. The second kappa shape index (κ2) is 3.39. The molecule has 3 atom stereocenters.